The van der Waals surface area contributed by atoms with E-state index in [1.165, 1.54) is 11.3 Å². The molecule has 1 rings (SSSR count). The second-order valence-corrected chi connectivity index (χ2v) is 3.02. The van der Waals surface area contributed by atoms with Gasteiger partial charge in [0, 0.05) is 5.38 Å². The van der Waals surface area contributed by atoms with Crippen molar-refractivity contribution in [3.63, 3.8) is 0 Å². The monoisotopic (exact) mass is 176 g/mol. The second-order valence-electron chi connectivity index (χ2n) is 1.71. The van der Waals surface area contributed by atoms with Gasteiger partial charge in [-0.2, -0.15) is 0 Å². The van der Waals surface area contributed by atoms with Gasteiger partial charge in [0.25, 0.3) is 0 Å². The van der Waals surface area contributed by atoms with Gasteiger partial charge < -0.3 is 5.73 Å². The highest BCUT2D eigenvalue weighted by atomic mass is 35.5. The van der Waals surface area contributed by atoms with E-state index in [4.69, 9.17) is 17.3 Å². The molecule has 0 bridgehead atoms. The first kappa shape index (κ1) is 7.50. The minimum absolute atomic E-state index is 0.162. The van der Waals surface area contributed by atoms with Crippen molar-refractivity contribution in [1.29, 1.82) is 0 Å². The zero-order valence-corrected chi connectivity index (χ0v) is 6.58. The third-order valence-corrected chi connectivity index (χ3v) is 1.75. The van der Waals surface area contributed by atoms with E-state index in [0.29, 0.717) is 10.8 Å². The van der Waals surface area contributed by atoms with Gasteiger partial charge in [-0.15, -0.1) is 11.3 Å². The lowest BCUT2D eigenvalue weighted by Crippen LogP contribution is -1.93. The van der Waals surface area contributed by atoms with E-state index in [1.807, 2.05) is 0 Å². The molecule has 0 saturated carbocycles. The molecule has 1 aromatic rings. The van der Waals surface area contributed by atoms with E-state index in [-0.39, 0.29) is 6.42 Å². The first-order valence-electron chi connectivity index (χ1n) is 2.56. The van der Waals surface area contributed by atoms with Crippen LogP contribution < -0.4 is 5.73 Å². The van der Waals surface area contributed by atoms with E-state index in [2.05, 4.69) is 4.98 Å². The Hall–Kier alpha value is -0.610. The van der Waals surface area contributed by atoms with Crippen LogP contribution in [0.25, 0.3) is 0 Å². The smallest absolute Gasteiger partial charge is 0.227 e. The Kier molecular flexibility index (Phi) is 2.24. The van der Waals surface area contributed by atoms with E-state index in [9.17, 15) is 4.79 Å². The molecular formula is C5H5ClN2OS. The van der Waals surface area contributed by atoms with Gasteiger partial charge in [-0.1, -0.05) is 0 Å². The quantitative estimate of drug-likeness (QED) is 0.685. The molecule has 0 amide bonds. The molecular weight excluding hydrogens is 172 g/mol. The summed E-state index contributed by atoms with van der Waals surface area (Å²) in [4.78, 5) is 14.2. The summed E-state index contributed by atoms with van der Waals surface area (Å²) in [5.74, 6) is 0. The number of anilines is 1. The summed E-state index contributed by atoms with van der Waals surface area (Å²) in [5.41, 5.74) is 5.95. The van der Waals surface area contributed by atoms with Crippen molar-refractivity contribution in [2.75, 3.05) is 5.73 Å². The van der Waals surface area contributed by atoms with Crippen molar-refractivity contribution in [1.82, 2.24) is 4.98 Å². The van der Waals surface area contributed by atoms with Gasteiger partial charge in [0.05, 0.1) is 12.1 Å². The van der Waals surface area contributed by atoms with Crippen molar-refractivity contribution in [3.05, 3.63) is 11.1 Å². The summed E-state index contributed by atoms with van der Waals surface area (Å²) in [7, 11) is 0. The van der Waals surface area contributed by atoms with Gasteiger partial charge in [0.15, 0.2) is 5.13 Å². The lowest BCUT2D eigenvalue weighted by atomic mass is 10.4. The lowest BCUT2D eigenvalue weighted by Gasteiger charge is -1.84. The molecule has 0 aliphatic rings. The molecule has 3 nitrogen and oxygen atoms in total. The van der Waals surface area contributed by atoms with Crippen molar-refractivity contribution in [2.24, 2.45) is 0 Å². The van der Waals surface area contributed by atoms with Crippen LogP contribution in [-0.2, 0) is 11.2 Å². The van der Waals surface area contributed by atoms with Crippen molar-refractivity contribution < 1.29 is 4.79 Å². The molecule has 1 aromatic heterocycles. The molecule has 0 aromatic carbocycles. The van der Waals surface area contributed by atoms with Crippen molar-refractivity contribution >= 4 is 33.3 Å². The maximum absolute atomic E-state index is 10.3. The molecule has 0 unspecified atom stereocenters. The number of hydrogen-bond acceptors (Lipinski definition) is 4. The summed E-state index contributed by atoms with van der Waals surface area (Å²) < 4.78 is 0. The molecule has 0 aliphatic heterocycles. The number of carbonyl (C=O) groups excluding carboxylic acids is 1. The molecule has 1 heterocycles. The minimum atomic E-state index is -0.412. The van der Waals surface area contributed by atoms with E-state index < -0.39 is 5.24 Å². The SMILES string of the molecule is Nc1nc(CC(=O)Cl)cs1. The third kappa shape index (κ3) is 1.97. The number of thiazole rings is 1. The average molecular weight is 177 g/mol. The standard InChI is InChI=1S/C5H5ClN2OS/c6-4(9)1-3-2-10-5(7)8-3/h2H,1H2,(H2,7,8). The topological polar surface area (TPSA) is 56.0 Å². The van der Waals surface area contributed by atoms with Gasteiger partial charge in [-0.05, 0) is 11.6 Å². The van der Waals surface area contributed by atoms with Crippen LogP contribution in [0, 0.1) is 0 Å². The van der Waals surface area contributed by atoms with E-state index >= 15 is 0 Å². The van der Waals surface area contributed by atoms with Crippen LogP contribution in [0.15, 0.2) is 5.38 Å². The Balaban J connectivity index is 2.67. The highest BCUT2D eigenvalue weighted by Crippen LogP contribution is 2.11. The zero-order chi connectivity index (χ0) is 7.56. The molecule has 2 N–H and O–H groups in total. The van der Waals surface area contributed by atoms with Crippen LogP contribution in [0.3, 0.4) is 0 Å². The minimum Gasteiger partial charge on any atom is -0.375 e. The summed E-state index contributed by atoms with van der Waals surface area (Å²) in [5, 5.41) is 1.77. The van der Waals surface area contributed by atoms with Crippen LogP contribution >= 0.6 is 22.9 Å². The maximum Gasteiger partial charge on any atom is 0.227 e. The fourth-order valence-electron chi connectivity index (χ4n) is 0.546. The Morgan fingerprint density at radius 3 is 3.00 bits per heavy atom. The number of nitrogens with zero attached hydrogens (tertiary/aromatic N) is 1. The molecule has 0 saturated heterocycles. The summed E-state index contributed by atoms with van der Waals surface area (Å²) >= 11 is 6.41. The first-order valence-corrected chi connectivity index (χ1v) is 3.82. The summed E-state index contributed by atoms with van der Waals surface area (Å²) in [6, 6.07) is 0. The number of carbonyl (C=O) groups is 1. The van der Waals surface area contributed by atoms with E-state index in [0.717, 1.165) is 0 Å². The number of halogens is 1. The Bertz CT molecular complexity index is 248. The first-order chi connectivity index (χ1) is 4.68. The number of nitrogen functional groups attached to an aromatic ring is 1. The zero-order valence-electron chi connectivity index (χ0n) is 5.00. The van der Waals surface area contributed by atoms with Gasteiger partial charge in [-0.3, -0.25) is 4.79 Å². The molecule has 0 spiro atoms. The average Bonchev–Trinajstić information content (AvgIpc) is 2.13. The Labute approximate surface area is 66.8 Å². The predicted octanol–water partition coefficient (Wildman–Crippen LogP) is 1.03. The van der Waals surface area contributed by atoms with Crippen molar-refractivity contribution in [2.45, 2.75) is 6.42 Å². The van der Waals surface area contributed by atoms with Gasteiger partial charge in [0.1, 0.15) is 0 Å². The number of nitrogens with two attached hydrogens (primary N) is 1. The van der Waals surface area contributed by atoms with Crippen LogP contribution in [-0.4, -0.2) is 10.2 Å². The normalized spacial score (nSPS) is 9.70. The van der Waals surface area contributed by atoms with Crippen molar-refractivity contribution in [3.8, 4) is 0 Å². The van der Waals surface area contributed by atoms with Crippen LogP contribution in [0.2, 0.25) is 0 Å². The molecule has 0 fully saturated rings. The van der Waals surface area contributed by atoms with Crippen LogP contribution in [0.1, 0.15) is 5.69 Å². The Morgan fingerprint density at radius 2 is 2.60 bits per heavy atom. The molecule has 0 radical (unpaired) electrons. The predicted molar refractivity (Wildman–Crippen MR) is 41.1 cm³/mol. The van der Waals surface area contributed by atoms with Crippen LogP contribution in [0.5, 0.6) is 0 Å². The largest absolute Gasteiger partial charge is 0.375 e. The van der Waals surface area contributed by atoms with Gasteiger partial charge in [0.2, 0.25) is 5.24 Å². The summed E-state index contributed by atoms with van der Waals surface area (Å²) in [6.07, 6.45) is 0.162. The van der Waals surface area contributed by atoms with Gasteiger partial charge in [-0.25, -0.2) is 4.98 Å². The highest BCUT2D eigenvalue weighted by Gasteiger charge is 2.02. The lowest BCUT2D eigenvalue weighted by molar-refractivity contribution is -0.111. The third-order valence-electron chi connectivity index (χ3n) is 0.890. The number of aromatic nitrogens is 1. The summed E-state index contributed by atoms with van der Waals surface area (Å²) in [6.45, 7) is 0. The molecule has 0 atom stereocenters. The Morgan fingerprint density at radius 1 is 1.90 bits per heavy atom. The fourth-order valence-corrected chi connectivity index (χ4v) is 1.25. The molecule has 54 valence electrons. The second kappa shape index (κ2) is 2.98. The highest BCUT2D eigenvalue weighted by molar-refractivity contribution is 7.13. The number of hydrogen-bond donors (Lipinski definition) is 1. The molecule has 0 aliphatic carbocycles. The van der Waals surface area contributed by atoms with E-state index in [1.54, 1.807) is 5.38 Å². The molecule has 10 heavy (non-hydrogen) atoms. The molecule has 5 heteroatoms. The van der Waals surface area contributed by atoms with Gasteiger partial charge >= 0.3 is 0 Å². The number of rotatable bonds is 2. The fraction of sp³-hybridized carbons (Fsp3) is 0.200. The van der Waals surface area contributed by atoms with Crippen LogP contribution in [0.4, 0.5) is 5.13 Å². The maximum atomic E-state index is 10.3.